The fraction of sp³-hybridized carbons (Fsp3) is 0.639. The van der Waals surface area contributed by atoms with Crippen LogP contribution in [-0.2, 0) is 40.5 Å². The molecule has 3 aromatic rings. The lowest BCUT2D eigenvalue weighted by Crippen LogP contribution is -2.34. The number of amides is 1. The molecule has 1 aromatic carbocycles. The van der Waals surface area contributed by atoms with Gasteiger partial charge in [-0.1, -0.05) is 58.9 Å². The number of hydrogen-bond acceptors (Lipinski definition) is 6. The molecule has 2 atom stereocenters. The average molecular weight is 680 g/mol. The molecule has 2 aliphatic rings. The molecule has 5 rings (SSSR count). The van der Waals surface area contributed by atoms with Crippen LogP contribution in [0.15, 0.2) is 18.7 Å². The van der Waals surface area contributed by atoms with E-state index in [1.54, 1.807) is 18.0 Å². The molecule has 258 valence electrons. The summed E-state index contributed by atoms with van der Waals surface area (Å²) in [4.78, 5) is 19.9. The first-order valence-corrected chi connectivity index (χ1v) is 24.6. The van der Waals surface area contributed by atoms with E-state index in [9.17, 15) is 4.79 Å². The van der Waals surface area contributed by atoms with E-state index in [2.05, 4.69) is 62.0 Å². The van der Waals surface area contributed by atoms with Crippen LogP contribution in [0.25, 0.3) is 28.6 Å². The maximum atomic E-state index is 13.1. The van der Waals surface area contributed by atoms with Crippen molar-refractivity contribution < 1.29 is 19.0 Å². The Balaban J connectivity index is 1.59. The predicted octanol–water partition coefficient (Wildman–Crippen LogP) is 8.66. The average Bonchev–Trinajstić information content (AvgIpc) is 3.31. The summed E-state index contributed by atoms with van der Waals surface area (Å²) in [5, 5.41) is 5.25. The molecule has 0 saturated heterocycles. The van der Waals surface area contributed by atoms with Gasteiger partial charge in [-0.2, -0.15) is 5.10 Å². The monoisotopic (exact) mass is 679 g/mol. The highest BCUT2D eigenvalue weighted by Gasteiger charge is 2.54. The van der Waals surface area contributed by atoms with Crippen LogP contribution in [0.1, 0.15) is 50.9 Å². The molecule has 2 heterocycles. The minimum atomic E-state index is -1.28. The Morgan fingerprint density at radius 2 is 1.72 bits per heavy atom. The first-order chi connectivity index (χ1) is 21.8. The van der Waals surface area contributed by atoms with Crippen molar-refractivity contribution in [1.29, 1.82) is 0 Å². The van der Waals surface area contributed by atoms with Crippen molar-refractivity contribution >= 4 is 45.0 Å². The molecule has 47 heavy (non-hydrogen) atoms. The van der Waals surface area contributed by atoms with E-state index in [4.69, 9.17) is 24.3 Å². The van der Waals surface area contributed by atoms with Gasteiger partial charge < -0.3 is 14.2 Å². The second-order valence-electron chi connectivity index (χ2n) is 17.4. The fourth-order valence-electron chi connectivity index (χ4n) is 6.29. The summed E-state index contributed by atoms with van der Waals surface area (Å²) in [5.41, 5.74) is 6.43. The van der Waals surface area contributed by atoms with Crippen LogP contribution in [-0.4, -0.2) is 67.4 Å². The van der Waals surface area contributed by atoms with Crippen LogP contribution in [0.3, 0.4) is 0 Å². The quantitative estimate of drug-likeness (QED) is 0.133. The summed E-state index contributed by atoms with van der Waals surface area (Å²) < 4.78 is 22.6. The number of nitrogens with zero attached hydrogens (tertiary/aromatic N) is 5. The number of hydrogen-bond donors (Lipinski definition) is 0. The predicted molar refractivity (Wildman–Crippen MR) is 198 cm³/mol. The normalized spacial score (nSPS) is 19.4. The highest BCUT2D eigenvalue weighted by molar-refractivity contribution is 6.76. The molecule has 2 aromatic heterocycles. The molecule has 1 fully saturated rings. The SMILES string of the molecule is C=Cc1cc(N(C)C(=O)OC(C)(C)C)cc2c1nc(-c1nn(COCC[Si](C)(C)C)c3c1C[C@@H]1C[C@]1(C)C3)n2COCC[Si](C)(C)C. The zero-order valence-electron chi connectivity index (χ0n) is 30.7. The van der Waals surface area contributed by atoms with E-state index in [1.807, 2.05) is 32.9 Å². The largest absolute Gasteiger partial charge is 0.443 e. The van der Waals surface area contributed by atoms with Gasteiger partial charge >= 0.3 is 6.09 Å². The van der Waals surface area contributed by atoms with Crippen molar-refractivity contribution in [2.24, 2.45) is 11.3 Å². The van der Waals surface area contributed by atoms with Crippen molar-refractivity contribution in [1.82, 2.24) is 19.3 Å². The molecule has 11 heteroatoms. The van der Waals surface area contributed by atoms with Crippen LogP contribution in [0.2, 0.25) is 51.4 Å². The molecule has 0 spiro atoms. The molecule has 0 N–H and O–H groups in total. The van der Waals surface area contributed by atoms with Crippen LogP contribution in [0.4, 0.5) is 10.5 Å². The number of imidazole rings is 1. The summed E-state index contributed by atoms with van der Waals surface area (Å²) >= 11 is 0. The van der Waals surface area contributed by atoms with Gasteiger partial charge in [-0.3, -0.25) is 9.47 Å². The molecule has 1 amide bonds. The van der Waals surface area contributed by atoms with Gasteiger partial charge in [-0.15, -0.1) is 0 Å². The summed E-state index contributed by atoms with van der Waals surface area (Å²) in [5.74, 6) is 1.46. The Labute approximate surface area is 283 Å². The third-order valence-corrected chi connectivity index (χ3v) is 12.9. The number of benzene rings is 1. The van der Waals surface area contributed by atoms with E-state index in [0.29, 0.717) is 37.1 Å². The lowest BCUT2D eigenvalue weighted by atomic mass is 9.87. The van der Waals surface area contributed by atoms with Crippen molar-refractivity contribution in [2.75, 3.05) is 25.2 Å². The molecule has 2 aliphatic carbocycles. The third-order valence-electron chi connectivity index (χ3n) is 9.51. The van der Waals surface area contributed by atoms with Crippen LogP contribution in [0.5, 0.6) is 0 Å². The molecule has 0 radical (unpaired) electrons. The van der Waals surface area contributed by atoms with E-state index in [-0.39, 0.29) is 0 Å². The number of aromatic nitrogens is 4. The number of rotatable bonds is 13. The number of carbonyl (C=O) groups excluding carboxylic acids is 1. The van der Waals surface area contributed by atoms with Crippen molar-refractivity contribution in [3.63, 3.8) is 0 Å². The number of anilines is 1. The smallest absolute Gasteiger partial charge is 0.414 e. The number of fused-ring (bicyclic) bond motifs is 3. The van der Waals surface area contributed by atoms with Gasteiger partial charge in [0.2, 0.25) is 0 Å². The molecule has 0 bridgehead atoms. The van der Waals surface area contributed by atoms with Crippen molar-refractivity contribution in [3.05, 3.63) is 35.5 Å². The topological polar surface area (TPSA) is 83.6 Å². The minimum Gasteiger partial charge on any atom is -0.443 e. The Morgan fingerprint density at radius 3 is 2.32 bits per heavy atom. The van der Waals surface area contributed by atoms with Crippen molar-refractivity contribution in [2.45, 2.75) is 117 Å². The Morgan fingerprint density at radius 1 is 1.09 bits per heavy atom. The summed E-state index contributed by atoms with van der Waals surface area (Å²) in [7, 11) is -0.750. The molecular weight excluding hydrogens is 623 g/mol. The lowest BCUT2D eigenvalue weighted by Gasteiger charge is -2.25. The maximum Gasteiger partial charge on any atom is 0.414 e. The van der Waals surface area contributed by atoms with Crippen LogP contribution in [0, 0.1) is 11.3 Å². The third kappa shape index (κ3) is 8.29. The number of carbonyl (C=O) groups is 1. The Kier molecular flexibility index (Phi) is 9.80. The summed E-state index contributed by atoms with van der Waals surface area (Å²) in [6.07, 6.45) is 4.63. The Hall–Kier alpha value is -2.74. The second-order valence-corrected chi connectivity index (χ2v) is 28.7. The van der Waals surface area contributed by atoms with E-state index < -0.39 is 27.8 Å². The molecule has 0 aliphatic heterocycles. The first-order valence-electron chi connectivity index (χ1n) is 17.2. The van der Waals surface area contributed by atoms with Gasteiger partial charge in [-0.05, 0) is 75.6 Å². The Bertz CT molecular complexity index is 1640. The zero-order chi connectivity index (χ0) is 34.5. The second kappa shape index (κ2) is 12.9. The maximum absolute atomic E-state index is 13.1. The first kappa shape index (κ1) is 35.6. The molecule has 0 unspecified atom stereocenters. The van der Waals surface area contributed by atoms with Gasteiger partial charge in [0.05, 0.1) is 11.0 Å². The minimum absolute atomic E-state index is 0.335. The van der Waals surface area contributed by atoms with Crippen LogP contribution < -0.4 is 4.90 Å². The van der Waals surface area contributed by atoms with Gasteiger partial charge in [0.15, 0.2) is 5.82 Å². The lowest BCUT2D eigenvalue weighted by molar-refractivity contribution is 0.0589. The van der Waals surface area contributed by atoms with Gasteiger partial charge in [-0.25, -0.2) is 14.5 Å². The van der Waals surface area contributed by atoms with Gasteiger partial charge in [0.25, 0.3) is 0 Å². The van der Waals surface area contributed by atoms with E-state index in [1.165, 1.54) is 17.7 Å². The highest BCUT2D eigenvalue weighted by atomic mass is 28.3. The van der Waals surface area contributed by atoms with Crippen molar-refractivity contribution in [3.8, 4) is 11.5 Å². The number of ether oxygens (including phenoxy) is 3. The van der Waals surface area contributed by atoms with Gasteiger partial charge in [0, 0.05) is 58.9 Å². The fourth-order valence-corrected chi connectivity index (χ4v) is 7.81. The van der Waals surface area contributed by atoms with Crippen LogP contribution >= 0.6 is 0 Å². The molecule has 1 saturated carbocycles. The molecular formula is C36H57N5O4Si2. The highest BCUT2D eigenvalue weighted by Crippen LogP contribution is 2.60. The summed E-state index contributed by atoms with van der Waals surface area (Å²) in [6.45, 7) is 28.6. The standard InChI is InChI=1S/C36H57N5O4Si2/c1-13-25-18-27(39(6)34(42)45-35(2,3)4)20-29-31(25)37-33(40(29)23-43-14-16-46(7,8)9)32-28-19-26-21-36(26,5)22-30(28)41(38-32)24-44-15-17-47(10,11)12/h13,18,20,26H,1,14-17,19,21-24H2,2-12H3/t26-,36-/m1/s1. The molecule has 9 nitrogen and oxygen atoms in total. The summed E-state index contributed by atoms with van der Waals surface area (Å²) in [6, 6.07) is 6.14. The van der Waals surface area contributed by atoms with Gasteiger partial charge in [0.1, 0.15) is 24.8 Å². The van der Waals surface area contributed by atoms with E-state index in [0.717, 1.165) is 59.7 Å². The zero-order valence-corrected chi connectivity index (χ0v) is 32.7. The van der Waals surface area contributed by atoms with E-state index >= 15 is 0 Å².